The van der Waals surface area contributed by atoms with E-state index in [9.17, 15) is 0 Å². The van der Waals surface area contributed by atoms with Crippen molar-refractivity contribution in [3.8, 4) is 0 Å². The first-order valence-electron chi connectivity index (χ1n) is 3.10. The predicted molar refractivity (Wildman–Crippen MR) is 49.2 cm³/mol. The number of para-hydroxylation sites is 1. The number of nitrogens with two attached hydrogens (primary N) is 1. The Hall–Kier alpha value is -0.955. The molecule has 2 nitrogen and oxygen atoms in total. The van der Waals surface area contributed by atoms with Gasteiger partial charge in [0.05, 0.1) is 0 Å². The van der Waals surface area contributed by atoms with Crippen LogP contribution >= 0.6 is 12.4 Å². The van der Waals surface area contributed by atoms with E-state index in [2.05, 4.69) is 0 Å². The van der Waals surface area contributed by atoms with E-state index in [-0.39, 0.29) is 12.4 Å². The van der Waals surface area contributed by atoms with Crippen molar-refractivity contribution in [2.45, 2.75) is 0 Å². The zero-order valence-electron chi connectivity index (χ0n) is 5.78. The van der Waals surface area contributed by atoms with Gasteiger partial charge in [0.2, 0.25) is 0 Å². The van der Waals surface area contributed by atoms with E-state index < -0.39 is 0 Å². The maximum absolute atomic E-state index is 5.42. The van der Waals surface area contributed by atoms with Crippen LogP contribution in [0.4, 0.5) is 5.78 Å². The third-order valence-corrected chi connectivity index (χ3v) is 1.44. The van der Waals surface area contributed by atoms with Crippen LogP contribution in [0.25, 0.3) is 10.9 Å². The molecular formula is C7H7BClNO. The van der Waals surface area contributed by atoms with Crippen LogP contribution in [-0.2, 0) is 0 Å². The molecular weight excluding hydrogens is 160 g/mol. The van der Waals surface area contributed by atoms with Gasteiger partial charge in [-0.05, 0) is 0 Å². The minimum atomic E-state index is 0. The Morgan fingerprint density at radius 1 is 1.27 bits per heavy atom. The maximum atomic E-state index is 5.42. The number of rotatable bonds is 0. The number of benzene rings is 1. The van der Waals surface area contributed by atoms with Gasteiger partial charge in [-0.2, -0.15) is 0 Å². The number of hydrogen-bond acceptors (Lipinski definition) is 2. The second kappa shape index (κ2) is 2.97. The molecule has 0 spiro atoms. The minimum absolute atomic E-state index is 0. The molecule has 2 rings (SSSR count). The van der Waals surface area contributed by atoms with E-state index in [4.69, 9.17) is 10.2 Å². The van der Waals surface area contributed by atoms with Gasteiger partial charge in [-0.3, -0.25) is 0 Å². The molecule has 0 radical (unpaired) electrons. The van der Waals surface area contributed by atoms with Crippen LogP contribution in [0, 0.1) is 0 Å². The summed E-state index contributed by atoms with van der Waals surface area (Å²) in [5.74, 6) is 0.473. The van der Waals surface area contributed by atoms with Crippen LogP contribution in [0.15, 0.2) is 28.7 Å². The summed E-state index contributed by atoms with van der Waals surface area (Å²) in [6, 6.07) is 7.74. The Morgan fingerprint density at radius 2 is 2.00 bits per heavy atom. The molecule has 56 valence electrons. The fraction of sp³-hybridized carbons (Fsp3) is 0. The van der Waals surface area contributed by atoms with E-state index in [1.165, 1.54) is 0 Å². The Labute approximate surface area is 71.0 Å². The summed E-state index contributed by atoms with van der Waals surface area (Å²) in [4.78, 5) is 0. The monoisotopic (exact) mass is 167 g/mol. The van der Waals surface area contributed by atoms with Crippen molar-refractivity contribution in [2.75, 3.05) is 5.73 Å². The van der Waals surface area contributed by atoms with Crippen LogP contribution < -0.4 is 5.73 Å². The summed E-state index contributed by atoms with van der Waals surface area (Å²) < 4.78 is 5.15. The number of halogens is 1. The summed E-state index contributed by atoms with van der Waals surface area (Å²) in [7, 11) is 0. The van der Waals surface area contributed by atoms with E-state index in [1.807, 2.05) is 31.2 Å². The summed E-state index contributed by atoms with van der Waals surface area (Å²) in [5, 5.41) is 1.06. The van der Waals surface area contributed by atoms with Crippen LogP contribution in [-0.4, -0.2) is 6.91 Å². The molecule has 11 heavy (non-hydrogen) atoms. The van der Waals surface area contributed by atoms with Crippen molar-refractivity contribution in [1.82, 2.24) is 0 Å². The molecule has 1 aromatic carbocycles. The molecule has 2 N–H and O–H groups in total. The topological polar surface area (TPSA) is 39.2 Å². The fourth-order valence-electron chi connectivity index (χ4n) is 1.00. The molecule has 0 saturated carbocycles. The third-order valence-electron chi connectivity index (χ3n) is 1.44. The second-order valence-corrected chi connectivity index (χ2v) is 2.19. The van der Waals surface area contributed by atoms with Crippen molar-refractivity contribution in [2.24, 2.45) is 0 Å². The second-order valence-electron chi connectivity index (χ2n) is 2.19. The average Bonchev–Trinajstić information content (AvgIpc) is 2.27. The van der Waals surface area contributed by atoms with Gasteiger partial charge in [0.15, 0.2) is 0 Å². The molecule has 0 aliphatic rings. The fourth-order valence-corrected chi connectivity index (χ4v) is 1.00. The van der Waals surface area contributed by atoms with Crippen molar-refractivity contribution in [1.29, 1.82) is 0 Å². The van der Waals surface area contributed by atoms with Crippen molar-refractivity contribution in [3.05, 3.63) is 24.3 Å². The van der Waals surface area contributed by atoms with Crippen molar-refractivity contribution < 1.29 is 4.42 Å². The predicted octanol–water partition coefficient (Wildman–Crippen LogP) is 1.77. The molecule has 0 aliphatic heterocycles. The van der Waals surface area contributed by atoms with Crippen molar-refractivity contribution in [3.63, 3.8) is 0 Å². The van der Waals surface area contributed by atoms with E-state index in [1.54, 1.807) is 0 Å². The molecule has 4 heteroatoms. The van der Waals surface area contributed by atoms with Crippen LogP contribution in [0.2, 0.25) is 0 Å². The summed E-state index contributed by atoms with van der Waals surface area (Å²) in [6.45, 7) is 1.81. The van der Waals surface area contributed by atoms with E-state index in [0.717, 1.165) is 10.9 Å². The van der Waals surface area contributed by atoms with Crippen LogP contribution in [0.1, 0.15) is 0 Å². The number of fused-ring (bicyclic) bond motifs is 1. The SMILES string of the molecule is Cl.Nc1bc2ccccc2o1. The molecule has 1 heterocycles. The molecule has 0 bridgehead atoms. The molecule has 2 aromatic rings. The molecule has 0 unspecified atom stereocenters. The standard InChI is InChI=1S/C7H6BNO.ClH/c9-7-8-5-3-1-2-4-6(5)10-7;/h1-4H,9H2;1H. The summed E-state index contributed by atoms with van der Waals surface area (Å²) in [6.07, 6.45) is 0. The molecule has 0 saturated heterocycles. The number of anilines is 1. The Kier molecular flexibility index (Phi) is 2.20. The van der Waals surface area contributed by atoms with Crippen LogP contribution in [0.5, 0.6) is 0 Å². The zero-order chi connectivity index (χ0) is 6.97. The van der Waals surface area contributed by atoms with Gasteiger partial charge >= 0.3 is 58.0 Å². The Bertz CT molecular complexity index is 327. The molecule has 0 atom stereocenters. The van der Waals surface area contributed by atoms with Gasteiger partial charge in [-0.15, -0.1) is 12.4 Å². The Morgan fingerprint density at radius 3 is 2.73 bits per heavy atom. The van der Waals surface area contributed by atoms with E-state index in [0.29, 0.717) is 5.78 Å². The molecule has 0 amide bonds. The van der Waals surface area contributed by atoms with Gasteiger partial charge in [0.25, 0.3) is 0 Å². The van der Waals surface area contributed by atoms with Gasteiger partial charge in [-0.25, -0.2) is 0 Å². The quantitative estimate of drug-likeness (QED) is 0.649. The van der Waals surface area contributed by atoms with E-state index >= 15 is 0 Å². The Balaban J connectivity index is 0.000000605. The first kappa shape index (κ1) is 8.14. The average molecular weight is 167 g/mol. The van der Waals surface area contributed by atoms with Gasteiger partial charge in [0.1, 0.15) is 0 Å². The van der Waals surface area contributed by atoms with Crippen molar-refractivity contribution >= 4 is 36.0 Å². The normalized spacial score (nSPS) is 9.09. The number of hydrogen-bond donors (Lipinski definition) is 1. The van der Waals surface area contributed by atoms with Gasteiger partial charge in [-0.1, -0.05) is 0 Å². The molecule has 0 aliphatic carbocycles. The molecule has 1 aromatic heterocycles. The zero-order valence-corrected chi connectivity index (χ0v) is 6.60. The summed E-state index contributed by atoms with van der Waals surface area (Å²) in [5.41, 5.74) is 6.27. The number of nitrogen functional groups attached to an aromatic ring is 1. The first-order chi connectivity index (χ1) is 4.86. The van der Waals surface area contributed by atoms with Gasteiger partial charge in [0, 0.05) is 0 Å². The molecule has 0 fully saturated rings. The summed E-state index contributed by atoms with van der Waals surface area (Å²) >= 11 is 0. The van der Waals surface area contributed by atoms with Gasteiger partial charge < -0.3 is 0 Å². The first-order valence-corrected chi connectivity index (χ1v) is 3.10. The third kappa shape index (κ3) is 1.38. The van der Waals surface area contributed by atoms with Crippen LogP contribution in [0.3, 0.4) is 0 Å².